The second kappa shape index (κ2) is 40.4. The van der Waals surface area contributed by atoms with Gasteiger partial charge >= 0.3 is 5.97 Å². The van der Waals surface area contributed by atoms with Crippen LogP contribution in [-0.4, -0.2) is 80.1 Å². The van der Waals surface area contributed by atoms with Crippen molar-refractivity contribution in [1.82, 2.24) is 9.55 Å². The number of hydrogen-bond acceptors (Lipinski definition) is 12. The molecule has 4 bridgehead atoms. The molecule has 3 heterocycles. The van der Waals surface area contributed by atoms with Crippen LogP contribution in [0.2, 0.25) is 0 Å². The summed E-state index contributed by atoms with van der Waals surface area (Å²) < 4.78 is 29.3. The standard InChI is InChI=1S/C30H36O2.C24H21NS.C22H26O4.C18H26OS.C17H16N2O/c1-8-32-28(22-17-13-10-14-18-22)26(21-15-11-9-12-16-21)23-19-24(29(2,3)4)27(31)25(20-23)30(5,6)7;1-25(2)21-15-13-18(14-16-21)22-17-23(19-9-5-3-6-10-19)26-24(22)20-11-7-4-8-12-20;1-25-20(24)6-5-15-3-4-16(12-19(15)23)22(26-2)21-17-8-13-7-14(10-17)11-18(21)9-13;1-12-18(5,6)16(17(2,3)4)15(20-12)13-8-10-14(19-7)11-9-13;1-13-17(14-8-10-16(20-2)11-9-14)19(12-18-13)15-6-4-3-5-7-15/h9-20,31H,8H2,1-7H3;3-17H,1-2H3;3-6,12-14,17-18,23H,7-11H2,1-2H3;8-12H,1-7H3;3-12H,1-2H3/b28-26+;;6-5+,22-21?;;. The number of phenolic OH excluding ortho intramolecular Hbond substituents is 2. The maximum Gasteiger partial charge on any atom is 0.330 e. The van der Waals surface area contributed by atoms with E-state index in [9.17, 15) is 15.0 Å². The Labute approximate surface area is 746 Å². The molecule has 2 N–H and O–H groups in total. The number of imidazole rings is 1. The number of esters is 1. The lowest BCUT2D eigenvalue weighted by molar-refractivity contribution is -0.134. The topological polar surface area (TPSA) is 125 Å². The number of carbonyl (C=O) groups excluding carboxylic acids is 1. The Morgan fingerprint density at radius 2 is 1.05 bits per heavy atom. The molecule has 124 heavy (non-hydrogen) atoms. The number of aryl methyl sites for hydroxylation is 1. The number of thiophene rings is 1. The summed E-state index contributed by atoms with van der Waals surface area (Å²) in [5.74, 6) is 6.74. The molecule has 5 aliphatic rings. The number of rotatable bonds is 18. The molecule has 1 aliphatic heterocycles. The van der Waals surface area contributed by atoms with Gasteiger partial charge in [-0.2, -0.15) is 0 Å². The van der Waals surface area contributed by atoms with E-state index in [0.29, 0.717) is 35.0 Å². The van der Waals surface area contributed by atoms with E-state index in [0.717, 1.165) is 96.4 Å². The van der Waals surface area contributed by atoms with Crippen LogP contribution in [0.15, 0.2) is 284 Å². The summed E-state index contributed by atoms with van der Waals surface area (Å²) >= 11 is 3.87. The minimum absolute atomic E-state index is 0.140. The molecule has 13 heteroatoms. The molecule has 2 aromatic heterocycles. The minimum atomic E-state index is -0.443. The number of methoxy groups -OCH3 is 4. The molecule has 0 radical (unpaired) electrons. The van der Waals surface area contributed by atoms with E-state index in [4.69, 9.17) is 18.9 Å². The molecule has 17 rings (SSSR count). The van der Waals surface area contributed by atoms with Crippen molar-refractivity contribution in [1.29, 1.82) is 0 Å². The first-order chi connectivity index (χ1) is 59.3. The third-order valence-corrected chi connectivity index (χ3v) is 27.0. The molecule has 644 valence electrons. The highest BCUT2D eigenvalue weighted by molar-refractivity contribution is 8.09. The van der Waals surface area contributed by atoms with E-state index in [1.807, 2.05) is 110 Å². The van der Waals surface area contributed by atoms with Gasteiger partial charge in [-0.15, -0.1) is 23.1 Å². The maximum atomic E-state index is 11.2. The van der Waals surface area contributed by atoms with Crippen molar-refractivity contribution >= 4 is 62.8 Å². The van der Waals surface area contributed by atoms with Crippen LogP contribution in [0.4, 0.5) is 5.69 Å². The van der Waals surface area contributed by atoms with E-state index >= 15 is 0 Å². The highest BCUT2D eigenvalue weighted by atomic mass is 32.2. The third kappa shape index (κ3) is 21.8. The number of para-hydroxylation sites is 1. The Morgan fingerprint density at radius 1 is 0.548 bits per heavy atom. The van der Waals surface area contributed by atoms with E-state index < -0.39 is 5.97 Å². The molecule has 4 fully saturated rings. The quantitative estimate of drug-likeness (QED) is 0.0369. The van der Waals surface area contributed by atoms with Crippen LogP contribution in [0.5, 0.6) is 23.0 Å². The van der Waals surface area contributed by atoms with Crippen LogP contribution in [-0.2, 0) is 29.8 Å². The molecule has 4 aliphatic carbocycles. The number of thioether (sulfide) groups is 1. The fraction of sp³-hybridized carbons (Fsp3) is 0.315. The van der Waals surface area contributed by atoms with Crippen LogP contribution >= 0.6 is 23.1 Å². The number of allylic oxidation sites excluding steroid dienone is 2. The van der Waals surface area contributed by atoms with Gasteiger partial charge in [0, 0.05) is 96.0 Å². The van der Waals surface area contributed by atoms with E-state index in [1.54, 1.807) is 39.0 Å². The average molecular weight is 1690 g/mol. The summed E-state index contributed by atoms with van der Waals surface area (Å²) in [6.07, 6.45) is 11.3. The van der Waals surface area contributed by atoms with Crippen LogP contribution in [0.25, 0.3) is 77.0 Å². The molecule has 10 aromatic carbocycles. The molecule has 4 saturated carbocycles. The number of nitrogens with zero attached hydrogens (tertiary/aromatic N) is 3. The number of hydrogen-bond donors (Lipinski definition) is 2. The van der Waals surface area contributed by atoms with Gasteiger partial charge in [0.25, 0.3) is 0 Å². The monoisotopic (exact) mass is 1690 g/mol. The lowest BCUT2D eigenvalue weighted by Crippen LogP contribution is -2.40. The first kappa shape index (κ1) is 91.7. The Bertz CT molecular complexity index is 5620. The van der Waals surface area contributed by atoms with Gasteiger partial charge in [0.1, 0.15) is 34.5 Å². The average Bonchev–Trinajstić information content (AvgIpc) is 1.71. The smallest absolute Gasteiger partial charge is 0.330 e. The lowest BCUT2D eigenvalue weighted by atomic mass is 9.54. The zero-order valence-electron chi connectivity index (χ0n) is 76.2. The molecule has 1 unspecified atom stereocenters. The summed E-state index contributed by atoms with van der Waals surface area (Å²) in [5, 5.41) is 22.2. The number of carbonyl (C=O) groups is 1. The van der Waals surface area contributed by atoms with Gasteiger partial charge in [0.15, 0.2) is 0 Å². The molecule has 0 spiro atoms. The fourth-order valence-electron chi connectivity index (χ4n) is 18.1. The second-order valence-corrected chi connectivity index (χ2v) is 38.9. The lowest BCUT2D eigenvalue weighted by Gasteiger charge is -2.51. The molecule has 0 amide bonds. The number of phenols is 2. The largest absolute Gasteiger partial charge is 0.507 e. The third-order valence-electron chi connectivity index (χ3n) is 24.2. The molecule has 12 aromatic rings. The summed E-state index contributed by atoms with van der Waals surface area (Å²) in [4.78, 5) is 21.9. The van der Waals surface area contributed by atoms with Gasteiger partial charge in [-0.05, 0) is 227 Å². The van der Waals surface area contributed by atoms with Crippen molar-refractivity contribution in [2.24, 2.45) is 34.5 Å². The van der Waals surface area contributed by atoms with Gasteiger partial charge in [0.05, 0.1) is 52.8 Å². The van der Waals surface area contributed by atoms with Gasteiger partial charge in [-0.1, -0.05) is 259 Å². The minimum Gasteiger partial charge on any atom is -0.507 e. The highest BCUT2D eigenvalue weighted by Gasteiger charge is 2.48. The summed E-state index contributed by atoms with van der Waals surface area (Å²) in [5.41, 5.74) is 22.7. The Balaban J connectivity index is 0.000000143. The normalized spacial score (nSPS) is 17.0. The van der Waals surface area contributed by atoms with Gasteiger partial charge in [-0.25, -0.2) is 9.78 Å². The first-order valence-corrected chi connectivity index (χ1v) is 45.1. The van der Waals surface area contributed by atoms with E-state index in [1.165, 1.54) is 99.0 Å². The molecular weight excluding hydrogens is 1570 g/mol. The maximum absolute atomic E-state index is 11.2. The number of aromatic hydroxyl groups is 2. The molecule has 11 nitrogen and oxygen atoms in total. The Kier molecular flexibility index (Phi) is 29.9. The first-order valence-electron chi connectivity index (χ1n) is 43.4. The van der Waals surface area contributed by atoms with Crippen molar-refractivity contribution in [2.45, 2.75) is 145 Å². The van der Waals surface area contributed by atoms with Gasteiger partial charge < -0.3 is 38.8 Å². The van der Waals surface area contributed by atoms with Crippen molar-refractivity contribution in [3.63, 3.8) is 0 Å². The Morgan fingerprint density at radius 3 is 1.53 bits per heavy atom. The Hall–Kier alpha value is -11.5. The van der Waals surface area contributed by atoms with Gasteiger partial charge in [-0.3, -0.25) is 4.57 Å². The number of anilines is 1. The zero-order valence-corrected chi connectivity index (χ0v) is 77.8. The predicted octanol–water partition coefficient (Wildman–Crippen LogP) is 28.6. The van der Waals surface area contributed by atoms with Crippen LogP contribution in [0.3, 0.4) is 0 Å². The van der Waals surface area contributed by atoms with E-state index in [-0.39, 0.29) is 27.4 Å². The number of ether oxygens (including phenoxy) is 5. The molecular formula is C111H125N3O8S2. The molecule has 0 saturated heterocycles. The van der Waals surface area contributed by atoms with E-state index in [2.05, 4.69) is 304 Å². The zero-order chi connectivity index (χ0) is 88.8. The SMILES string of the molecule is CCO/C(=C(\c1ccccc1)c1cc(C(C)(C)C)c(O)c(C(C)(C)C)c1)c1ccccc1.CN(C)c1ccc(-c2cc(-c3ccccc3)sc2-c2ccccc2)cc1.COC(=O)/C=C/c1ccc(C(OC)=C2C3CC4CC(C3)CC2C4)cc1O.COc1ccc(-c2c(C)ncn2-c2ccccc2)cc1.COc1ccc(C2=C(C(C)(C)C)C(C)(C)C(C)S2)cc1. The summed E-state index contributed by atoms with van der Waals surface area (Å²) in [6.45, 7) is 31.5. The number of benzene rings is 10. The van der Waals surface area contributed by atoms with Crippen LogP contribution in [0.1, 0.15) is 172 Å². The molecule has 1 atom stereocenters. The highest BCUT2D eigenvalue weighted by Crippen LogP contribution is 2.61. The van der Waals surface area contributed by atoms with Gasteiger partial charge in [0.2, 0.25) is 0 Å². The van der Waals surface area contributed by atoms with Crippen molar-refractivity contribution in [3.8, 4) is 72.0 Å². The second-order valence-electron chi connectivity index (χ2n) is 36.5. The summed E-state index contributed by atoms with van der Waals surface area (Å²) in [6, 6.07) is 89.6. The van der Waals surface area contributed by atoms with Crippen molar-refractivity contribution in [2.75, 3.05) is 54.0 Å². The summed E-state index contributed by atoms with van der Waals surface area (Å²) in [7, 11) is 10.6. The van der Waals surface area contributed by atoms with Crippen molar-refractivity contribution in [3.05, 3.63) is 335 Å². The number of aromatic nitrogens is 2. The predicted molar refractivity (Wildman–Crippen MR) is 522 cm³/mol. The van der Waals surface area contributed by atoms with Crippen LogP contribution < -0.4 is 14.4 Å². The van der Waals surface area contributed by atoms with Crippen LogP contribution in [0, 0.1) is 41.4 Å². The fourth-order valence-corrected chi connectivity index (χ4v) is 21.0. The van der Waals surface area contributed by atoms with Crippen molar-refractivity contribution < 1.29 is 38.7 Å².